The highest BCUT2D eigenvalue weighted by Crippen LogP contribution is 2.22. The van der Waals surface area contributed by atoms with Gasteiger partial charge in [0.05, 0.1) is 24.1 Å². The van der Waals surface area contributed by atoms with Crippen molar-refractivity contribution in [1.82, 2.24) is 30.5 Å². The van der Waals surface area contributed by atoms with Gasteiger partial charge in [0.25, 0.3) is 0 Å². The zero-order valence-corrected chi connectivity index (χ0v) is 19.5. The molecule has 7 N–H and O–H groups in total. The lowest BCUT2D eigenvalue weighted by atomic mass is 9.96. The van der Waals surface area contributed by atoms with Gasteiger partial charge in [-0.3, -0.25) is 9.69 Å². The first-order valence-corrected chi connectivity index (χ1v) is 11.6. The van der Waals surface area contributed by atoms with Crippen LogP contribution in [0, 0.1) is 0 Å². The van der Waals surface area contributed by atoms with Gasteiger partial charge in [-0.25, -0.2) is 14.8 Å². The molecule has 1 saturated heterocycles. The number of carbonyl (C=O) groups excluding carboxylic acids is 2. The normalized spacial score (nSPS) is 17.4. The van der Waals surface area contributed by atoms with Gasteiger partial charge in [0, 0.05) is 40.1 Å². The third-order valence-corrected chi connectivity index (χ3v) is 6.44. The number of H-pyrrole nitrogens is 1. The van der Waals surface area contributed by atoms with Crippen molar-refractivity contribution < 1.29 is 9.59 Å². The number of nitrogen functional groups attached to an aromatic ring is 1. The van der Waals surface area contributed by atoms with E-state index >= 15 is 0 Å². The van der Waals surface area contributed by atoms with Crippen LogP contribution < -0.4 is 22.1 Å². The number of aromatic nitrogens is 3. The van der Waals surface area contributed by atoms with E-state index in [0.717, 1.165) is 27.5 Å². The summed E-state index contributed by atoms with van der Waals surface area (Å²) in [6.07, 6.45) is 1.87. The summed E-state index contributed by atoms with van der Waals surface area (Å²) in [6.45, 7) is 1.34. The second kappa shape index (κ2) is 9.40. The largest absolute Gasteiger partial charge is 0.383 e. The van der Waals surface area contributed by atoms with Crippen LogP contribution in [0.5, 0.6) is 0 Å². The molecule has 0 spiro atoms. The fourth-order valence-electron chi connectivity index (χ4n) is 4.66. The maximum absolute atomic E-state index is 12.6. The number of amides is 3. The van der Waals surface area contributed by atoms with Crippen LogP contribution in [0.15, 0.2) is 48.8 Å². The number of piperazine rings is 1. The van der Waals surface area contributed by atoms with Crippen LogP contribution in [0.3, 0.4) is 0 Å². The molecule has 0 saturated carbocycles. The first kappa shape index (κ1) is 22.9. The Morgan fingerprint density at radius 3 is 2.91 bits per heavy atom. The molecule has 2 unspecified atom stereocenters. The number of halogens is 1. The molecule has 3 amide bonds. The van der Waals surface area contributed by atoms with Gasteiger partial charge < -0.3 is 27.1 Å². The molecule has 2 aromatic carbocycles. The van der Waals surface area contributed by atoms with Gasteiger partial charge in [-0.2, -0.15) is 0 Å². The van der Waals surface area contributed by atoms with Gasteiger partial charge in [-0.15, -0.1) is 0 Å². The van der Waals surface area contributed by atoms with Crippen molar-refractivity contribution in [3.8, 4) is 0 Å². The van der Waals surface area contributed by atoms with Gasteiger partial charge in [0.15, 0.2) is 0 Å². The molecule has 1 aliphatic heterocycles. The van der Waals surface area contributed by atoms with Gasteiger partial charge in [0.1, 0.15) is 12.1 Å². The summed E-state index contributed by atoms with van der Waals surface area (Å²) in [7, 11) is 0. The smallest absolute Gasteiger partial charge is 0.312 e. The lowest BCUT2D eigenvalue weighted by Gasteiger charge is -2.37. The van der Waals surface area contributed by atoms with Crippen LogP contribution in [0.2, 0.25) is 5.02 Å². The highest BCUT2D eigenvalue weighted by atomic mass is 35.5. The summed E-state index contributed by atoms with van der Waals surface area (Å²) in [5.74, 6) is 0.290. The predicted molar refractivity (Wildman–Crippen MR) is 135 cm³/mol. The minimum Gasteiger partial charge on any atom is -0.383 e. The molecule has 180 valence electrons. The van der Waals surface area contributed by atoms with Crippen LogP contribution in [0.4, 0.5) is 10.6 Å². The molecule has 2 atom stereocenters. The van der Waals surface area contributed by atoms with Crippen LogP contribution >= 0.6 is 11.6 Å². The molecule has 0 radical (unpaired) electrons. The second-order valence-corrected chi connectivity index (χ2v) is 9.24. The van der Waals surface area contributed by atoms with Crippen LogP contribution in [0.1, 0.15) is 11.3 Å². The van der Waals surface area contributed by atoms with E-state index in [1.165, 1.54) is 6.33 Å². The number of hydrogen-bond acceptors (Lipinski definition) is 6. The minimum atomic E-state index is -0.652. The second-order valence-electron chi connectivity index (χ2n) is 8.80. The first-order valence-electron chi connectivity index (χ1n) is 11.2. The van der Waals surface area contributed by atoms with E-state index < -0.39 is 12.1 Å². The molecule has 0 aliphatic carbocycles. The summed E-state index contributed by atoms with van der Waals surface area (Å²) in [5.41, 5.74) is 15.0. The quantitative estimate of drug-likeness (QED) is 0.277. The number of benzene rings is 2. The molecule has 4 aromatic rings. The number of nitrogens with one attached hydrogen (secondary N) is 3. The van der Waals surface area contributed by atoms with Crippen molar-refractivity contribution in [2.75, 3.05) is 18.8 Å². The zero-order valence-electron chi connectivity index (χ0n) is 18.8. The Labute approximate surface area is 206 Å². The number of carbonyl (C=O) groups is 2. The summed E-state index contributed by atoms with van der Waals surface area (Å²) in [6, 6.07) is 12.0. The third kappa shape index (κ3) is 5.13. The number of rotatable bonds is 6. The molecule has 2 aromatic heterocycles. The number of hydrogen-bond donors (Lipinski definition) is 5. The predicted octanol–water partition coefficient (Wildman–Crippen LogP) is 1.93. The Balaban J connectivity index is 1.35. The number of primary amides is 1. The Morgan fingerprint density at radius 1 is 1.23 bits per heavy atom. The summed E-state index contributed by atoms with van der Waals surface area (Å²) in [4.78, 5) is 38.1. The van der Waals surface area contributed by atoms with E-state index in [1.54, 1.807) is 0 Å². The maximum Gasteiger partial charge on any atom is 0.312 e. The standard InChI is InChI=1S/C24H25ClN8O2/c25-15-2-4-18-14(7-15)8-16(30-18)9-33-10-21(31-22(34)11-33)20(32-24(27)35)6-13-1-3-17-19(5-13)28-12-29-23(17)26/h1-5,7-8,12,20-21,30H,6,9-11H2,(H,31,34)(H2,26,28,29)(H3,27,32,35). The third-order valence-electron chi connectivity index (χ3n) is 6.20. The average molecular weight is 493 g/mol. The molecule has 1 fully saturated rings. The number of nitrogens with two attached hydrogens (primary N) is 2. The SMILES string of the molecule is NC(=O)NC(Cc1ccc2c(N)ncnc2c1)C1CN(Cc2cc3cc(Cl)ccc3[nH]2)CC(=O)N1. The van der Waals surface area contributed by atoms with Crippen LogP contribution in [-0.4, -0.2) is 57.0 Å². The number of fused-ring (bicyclic) bond motifs is 2. The molecule has 11 heteroatoms. The Hall–Kier alpha value is -3.89. The van der Waals surface area contributed by atoms with Gasteiger partial charge >= 0.3 is 6.03 Å². The molecule has 1 aliphatic rings. The van der Waals surface area contributed by atoms with Crippen LogP contribution in [0.25, 0.3) is 21.8 Å². The topological polar surface area (TPSA) is 155 Å². The number of anilines is 1. The van der Waals surface area contributed by atoms with Crippen molar-refractivity contribution in [1.29, 1.82) is 0 Å². The van der Waals surface area contributed by atoms with E-state index in [0.29, 0.717) is 35.9 Å². The molecular weight excluding hydrogens is 468 g/mol. The van der Waals surface area contributed by atoms with Crippen molar-refractivity contribution >= 4 is 51.2 Å². The first-order chi connectivity index (χ1) is 16.8. The highest BCUT2D eigenvalue weighted by Gasteiger charge is 2.32. The fourth-order valence-corrected chi connectivity index (χ4v) is 4.84. The zero-order chi connectivity index (χ0) is 24.5. The summed E-state index contributed by atoms with van der Waals surface area (Å²) in [5, 5.41) is 8.26. The van der Waals surface area contributed by atoms with E-state index in [1.807, 2.05) is 47.4 Å². The van der Waals surface area contributed by atoms with Crippen LogP contribution in [-0.2, 0) is 17.8 Å². The molecule has 35 heavy (non-hydrogen) atoms. The van der Waals surface area contributed by atoms with E-state index in [4.69, 9.17) is 23.1 Å². The monoisotopic (exact) mass is 492 g/mol. The maximum atomic E-state index is 12.6. The summed E-state index contributed by atoms with van der Waals surface area (Å²) < 4.78 is 0. The van der Waals surface area contributed by atoms with Crippen molar-refractivity contribution in [2.24, 2.45) is 5.73 Å². The fraction of sp³-hybridized carbons (Fsp3) is 0.250. The Bertz CT molecular complexity index is 1420. The Morgan fingerprint density at radius 2 is 2.09 bits per heavy atom. The molecular formula is C24H25ClN8O2. The molecule has 10 nitrogen and oxygen atoms in total. The highest BCUT2D eigenvalue weighted by molar-refractivity contribution is 6.31. The number of aromatic amines is 1. The number of urea groups is 1. The number of nitrogens with zero attached hydrogens (tertiary/aromatic N) is 3. The molecule has 3 heterocycles. The lowest BCUT2D eigenvalue weighted by molar-refractivity contribution is -0.126. The van der Waals surface area contributed by atoms with Gasteiger partial charge in [0.2, 0.25) is 5.91 Å². The van der Waals surface area contributed by atoms with Crippen molar-refractivity contribution in [2.45, 2.75) is 25.0 Å². The van der Waals surface area contributed by atoms with E-state index in [2.05, 4.69) is 25.6 Å². The van der Waals surface area contributed by atoms with Crippen molar-refractivity contribution in [3.05, 3.63) is 65.1 Å². The van der Waals surface area contributed by atoms with E-state index in [-0.39, 0.29) is 18.5 Å². The molecule has 0 bridgehead atoms. The summed E-state index contributed by atoms with van der Waals surface area (Å²) >= 11 is 6.11. The lowest BCUT2D eigenvalue weighted by Crippen LogP contribution is -2.62. The molecule has 5 rings (SSSR count). The minimum absolute atomic E-state index is 0.115. The van der Waals surface area contributed by atoms with E-state index in [9.17, 15) is 9.59 Å². The average Bonchev–Trinajstić information content (AvgIpc) is 3.19. The van der Waals surface area contributed by atoms with Crippen molar-refractivity contribution in [3.63, 3.8) is 0 Å². The van der Waals surface area contributed by atoms with Gasteiger partial charge in [-0.1, -0.05) is 17.7 Å². The Kier molecular flexibility index (Phi) is 6.14. The van der Waals surface area contributed by atoms with Gasteiger partial charge in [-0.05, 0) is 48.4 Å².